The van der Waals surface area contributed by atoms with Gasteiger partial charge in [-0.3, -0.25) is 4.79 Å². The zero-order valence-electron chi connectivity index (χ0n) is 16.6. The highest BCUT2D eigenvalue weighted by atomic mass is 16.5. The number of carbonyl (C=O) groups excluding carboxylic acids is 2. The Morgan fingerprint density at radius 2 is 1.79 bits per heavy atom. The molecule has 0 bridgehead atoms. The first kappa shape index (κ1) is 19.5. The summed E-state index contributed by atoms with van der Waals surface area (Å²) in [6.07, 6.45) is 1.09. The maximum Gasteiger partial charge on any atom is 0.315 e. The predicted molar refractivity (Wildman–Crippen MR) is 110 cm³/mol. The van der Waals surface area contributed by atoms with E-state index in [1.807, 2.05) is 54.3 Å². The fourth-order valence-electron chi connectivity index (χ4n) is 4.07. The average Bonchev–Trinajstić information content (AvgIpc) is 3.00. The number of carbonyl (C=O) groups is 2. The Hall–Kier alpha value is -2.86. The minimum atomic E-state index is -0.251. The Balaban J connectivity index is 1.26. The van der Waals surface area contributed by atoms with Gasteiger partial charge in [-0.05, 0) is 23.6 Å². The molecule has 3 amide bonds. The molecular weight excluding hydrogens is 366 g/mol. The number of rotatable bonds is 5. The molecule has 0 aliphatic carbocycles. The van der Waals surface area contributed by atoms with Crippen LogP contribution in [0.4, 0.5) is 4.79 Å². The van der Waals surface area contributed by atoms with E-state index in [2.05, 4.69) is 22.8 Å². The van der Waals surface area contributed by atoms with Crippen LogP contribution in [0, 0.1) is 0 Å². The number of hydrogen-bond donors (Lipinski definition) is 2. The lowest BCUT2D eigenvalue weighted by Crippen LogP contribution is -2.49. The molecule has 1 saturated heterocycles. The Bertz CT molecular complexity index is 871. The summed E-state index contributed by atoms with van der Waals surface area (Å²) in [5.74, 6) is 0.0684. The Morgan fingerprint density at radius 1 is 1.07 bits per heavy atom. The van der Waals surface area contributed by atoms with Crippen LogP contribution in [0.15, 0.2) is 54.6 Å². The number of amides is 3. The SMILES string of the molecule is CC1C(NC(=O)NC[C@@H]2Cc3ccccc3CO2)CC(=O)N1Cc1ccccc1. The van der Waals surface area contributed by atoms with E-state index in [1.54, 1.807) is 0 Å². The van der Waals surface area contributed by atoms with Gasteiger partial charge in [0.2, 0.25) is 5.91 Å². The summed E-state index contributed by atoms with van der Waals surface area (Å²) in [5.41, 5.74) is 3.58. The summed E-state index contributed by atoms with van der Waals surface area (Å²) in [5, 5.41) is 5.87. The summed E-state index contributed by atoms with van der Waals surface area (Å²) in [7, 11) is 0. The third kappa shape index (κ3) is 4.59. The maximum absolute atomic E-state index is 12.4. The lowest BCUT2D eigenvalue weighted by atomic mass is 9.99. The summed E-state index contributed by atoms with van der Waals surface area (Å²) >= 11 is 0. The highest BCUT2D eigenvalue weighted by Crippen LogP contribution is 2.22. The van der Waals surface area contributed by atoms with Crippen molar-refractivity contribution in [1.29, 1.82) is 0 Å². The van der Waals surface area contributed by atoms with E-state index in [9.17, 15) is 9.59 Å². The van der Waals surface area contributed by atoms with Crippen LogP contribution in [-0.2, 0) is 29.1 Å². The highest BCUT2D eigenvalue weighted by molar-refractivity contribution is 5.82. The molecule has 2 N–H and O–H groups in total. The van der Waals surface area contributed by atoms with Crippen LogP contribution in [0.3, 0.4) is 0 Å². The Kier molecular flexibility index (Phi) is 5.81. The zero-order chi connectivity index (χ0) is 20.2. The second-order valence-electron chi connectivity index (χ2n) is 7.82. The van der Waals surface area contributed by atoms with Gasteiger partial charge in [0.15, 0.2) is 0 Å². The maximum atomic E-state index is 12.4. The smallest absolute Gasteiger partial charge is 0.315 e. The van der Waals surface area contributed by atoms with Crippen LogP contribution in [0.25, 0.3) is 0 Å². The summed E-state index contributed by atoms with van der Waals surface area (Å²) in [6, 6.07) is 17.6. The van der Waals surface area contributed by atoms with E-state index in [1.165, 1.54) is 11.1 Å². The van der Waals surface area contributed by atoms with Gasteiger partial charge < -0.3 is 20.3 Å². The second kappa shape index (κ2) is 8.66. The largest absolute Gasteiger partial charge is 0.371 e. The number of likely N-dealkylation sites (tertiary alicyclic amines) is 1. The molecule has 29 heavy (non-hydrogen) atoms. The fraction of sp³-hybridized carbons (Fsp3) is 0.391. The molecule has 0 radical (unpaired) electrons. The van der Waals surface area contributed by atoms with Crippen molar-refractivity contribution in [3.05, 3.63) is 71.3 Å². The van der Waals surface area contributed by atoms with Crippen LogP contribution >= 0.6 is 0 Å². The number of benzene rings is 2. The number of nitrogens with zero attached hydrogens (tertiary/aromatic N) is 1. The van der Waals surface area contributed by atoms with Gasteiger partial charge in [-0.2, -0.15) is 0 Å². The van der Waals surface area contributed by atoms with Gasteiger partial charge in [0.25, 0.3) is 0 Å². The predicted octanol–water partition coefficient (Wildman–Crippen LogP) is 2.62. The average molecular weight is 393 g/mol. The number of nitrogens with one attached hydrogen (secondary N) is 2. The number of hydrogen-bond acceptors (Lipinski definition) is 3. The van der Waals surface area contributed by atoms with Crippen molar-refractivity contribution in [1.82, 2.24) is 15.5 Å². The molecule has 2 aromatic rings. The topological polar surface area (TPSA) is 70.7 Å². The van der Waals surface area contributed by atoms with Crippen LogP contribution < -0.4 is 10.6 Å². The molecule has 152 valence electrons. The quantitative estimate of drug-likeness (QED) is 0.820. The van der Waals surface area contributed by atoms with Gasteiger partial charge in [-0.25, -0.2) is 4.79 Å². The fourth-order valence-corrected chi connectivity index (χ4v) is 4.07. The van der Waals surface area contributed by atoms with E-state index >= 15 is 0 Å². The first-order chi connectivity index (χ1) is 14.1. The summed E-state index contributed by atoms with van der Waals surface area (Å²) in [6.45, 7) is 3.58. The van der Waals surface area contributed by atoms with E-state index < -0.39 is 0 Å². The van der Waals surface area contributed by atoms with Crippen molar-refractivity contribution < 1.29 is 14.3 Å². The van der Waals surface area contributed by atoms with E-state index in [4.69, 9.17) is 4.74 Å². The first-order valence-corrected chi connectivity index (χ1v) is 10.2. The molecule has 0 spiro atoms. The van der Waals surface area contributed by atoms with Crippen LogP contribution in [0.1, 0.15) is 30.0 Å². The Labute approximate surface area is 171 Å². The molecule has 6 nitrogen and oxygen atoms in total. The normalized spacial score (nSPS) is 23.6. The van der Waals surface area contributed by atoms with Gasteiger partial charge >= 0.3 is 6.03 Å². The van der Waals surface area contributed by atoms with Gasteiger partial charge in [0.05, 0.1) is 24.8 Å². The van der Waals surface area contributed by atoms with Crippen molar-refractivity contribution >= 4 is 11.9 Å². The van der Waals surface area contributed by atoms with Crippen LogP contribution in [-0.4, -0.2) is 41.6 Å². The van der Waals surface area contributed by atoms with Crippen LogP contribution in [0.5, 0.6) is 0 Å². The molecule has 0 aromatic heterocycles. The Morgan fingerprint density at radius 3 is 2.59 bits per heavy atom. The molecule has 1 fully saturated rings. The van der Waals surface area contributed by atoms with E-state index in [0.717, 1.165) is 12.0 Å². The van der Waals surface area contributed by atoms with Gasteiger partial charge in [-0.15, -0.1) is 0 Å². The second-order valence-corrected chi connectivity index (χ2v) is 7.82. The molecule has 0 saturated carbocycles. The van der Waals surface area contributed by atoms with Crippen molar-refractivity contribution in [2.45, 2.75) is 51.1 Å². The molecule has 4 rings (SSSR count). The van der Waals surface area contributed by atoms with Gasteiger partial charge in [0.1, 0.15) is 0 Å². The van der Waals surface area contributed by atoms with Crippen molar-refractivity contribution in [3.63, 3.8) is 0 Å². The summed E-state index contributed by atoms with van der Waals surface area (Å²) in [4.78, 5) is 26.7. The minimum absolute atomic E-state index is 0.0344. The molecule has 2 aliphatic rings. The van der Waals surface area contributed by atoms with Gasteiger partial charge in [-0.1, -0.05) is 54.6 Å². The van der Waals surface area contributed by atoms with Crippen LogP contribution in [0.2, 0.25) is 0 Å². The number of urea groups is 1. The van der Waals surface area contributed by atoms with E-state index in [0.29, 0.717) is 26.1 Å². The lowest BCUT2D eigenvalue weighted by molar-refractivity contribution is -0.129. The number of fused-ring (bicyclic) bond motifs is 1. The third-order valence-electron chi connectivity index (χ3n) is 5.83. The standard InChI is InChI=1S/C23H27N3O3/c1-16-21(12-22(27)26(16)14-17-7-3-2-4-8-17)25-23(28)24-13-20-11-18-9-5-6-10-19(18)15-29-20/h2-10,16,20-21H,11-15H2,1H3,(H2,24,25,28)/t16?,20-,21?/m0/s1. The lowest BCUT2D eigenvalue weighted by Gasteiger charge is -2.27. The van der Waals surface area contributed by atoms with Gasteiger partial charge in [0, 0.05) is 25.9 Å². The minimum Gasteiger partial charge on any atom is -0.371 e. The monoisotopic (exact) mass is 393 g/mol. The van der Waals surface area contributed by atoms with Crippen molar-refractivity contribution in [2.75, 3.05) is 6.54 Å². The molecule has 2 aliphatic heterocycles. The molecule has 2 aromatic carbocycles. The molecule has 6 heteroatoms. The molecule has 2 unspecified atom stereocenters. The first-order valence-electron chi connectivity index (χ1n) is 10.2. The molecule has 2 heterocycles. The highest BCUT2D eigenvalue weighted by Gasteiger charge is 2.37. The molecular formula is C23H27N3O3. The summed E-state index contributed by atoms with van der Waals surface area (Å²) < 4.78 is 5.84. The number of ether oxygens (including phenoxy) is 1. The molecule has 3 atom stereocenters. The van der Waals surface area contributed by atoms with Crippen molar-refractivity contribution in [3.8, 4) is 0 Å². The third-order valence-corrected chi connectivity index (χ3v) is 5.83. The zero-order valence-corrected chi connectivity index (χ0v) is 16.6. The van der Waals surface area contributed by atoms with E-state index in [-0.39, 0.29) is 30.1 Å². The van der Waals surface area contributed by atoms with Crippen molar-refractivity contribution in [2.24, 2.45) is 0 Å².